The van der Waals surface area contributed by atoms with Gasteiger partial charge < -0.3 is 9.88 Å². The monoisotopic (exact) mass is 260 g/mol. The van der Waals surface area contributed by atoms with Gasteiger partial charge in [-0.25, -0.2) is 0 Å². The van der Waals surface area contributed by atoms with Crippen LogP contribution in [0.1, 0.15) is 0 Å². The first-order chi connectivity index (χ1) is 8.79. The van der Waals surface area contributed by atoms with Crippen LogP contribution in [0.5, 0.6) is 0 Å². The molecule has 0 spiro atoms. The van der Waals surface area contributed by atoms with Gasteiger partial charge in [0.1, 0.15) is 0 Å². The predicted octanol–water partition coefficient (Wildman–Crippen LogP) is 2.68. The molecule has 0 amide bonds. The second-order valence-corrected chi connectivity index (χ2v) is 4.77. The molecule has 94 valence electrons. The van der Waals surface area contributed by atoms with Gasteiger partial charge in [0.25, 0.3) is 5.56 Å². The van der Waals surface area contributed by atoms with Crippen LogP contribution in [0.4, 0.5) is 5.69 Å². The van der Waals surface area contributed by atoms with E-state index in [1.54, 1.807) is 34.7 Å². The maximum atomic E-state index is 11.5. The molecule has 4 heteroatoms. The number of hydrogen-bond donors (Lipinski definition) is 1. The summed E-state index contributed by atoms with van der Waals surface area (Å²) < 4.78 is 1.70. The lowest BCUT2D eigenvalue weighted by molar-refractivity contribution is 0.697. The Morgan fingerprint density at radius 1 is 1.17 bits per heavy atom. The van der Waals surface area contributed by atoms with Gasteiger partial charge in [0, 0.05) is 35.9 Å². The van der Waals surface area contributed by atoms with Crippen molar-refractivity contribution in [3.05, 3.63) is 59.0 Å². The van der Waals surface area contributed by atoms with Gasteiger partial charge in [0.05, 0.1) is 0 Å². The van der Waals surface area contributed by atoms with Crippen LogP contribution in [-0.2, 0) is 6.54 Å². The van der Waals surface area contributed by atoms with Crippen LogP contribution in [0.15, 0.2) is 58.4 Å². The minimum absolute atomic E-state index is 0.0389. The largest absolute Gasteiger partial charge is 0.383 e. The molecule has 2 rings (SSSR count). The van der Waals surface area contributed by atoms with Gasteiger partial charge in [-0.3, -0.25) is 4.79 Å². The molecule has 0 fully saturated rings. The first-order valence-corrected chi connectivity index (χ1v) is 7.05. The molecule has 18 heavy (non-hydrogen) atoms. The summed E-state index contributed by atoms with van der Waals surface area (Å²) in [6.45, 7) is 1.41. The molecule has 0 radical (unpaired) electrons. The van der Waals surface area contributed by atoms with Gasteiger partial charge in [-0.05, 0) is 36.6 Å². The van der Waals surface area contributed by atoms with E-state index in [4.69, 9.17) is 0 Å². The molecule has 0 atom stereocenters. The molecule has 0 aliphatic rings. The highest BCUT2D eigenvalue weighted by Gasteiger charge is 1.95. The lowest BCUT2D eigenvalue weighted by atomic mass is 10.3. The standard InChI is InChI=1S/C14H16N2OS/c1-18-13-7-5-12(6-8-13)15-9-11-16-10-3-2-4-14(16)17/h2-8,10,15H,9,11H2,1H3. The van der Waals surface area contributed by atoms with E-state index in [0.29, 0.717) is 6.54 Å². The van der Waals surface area contributed by atoms with Crippen molar-refractivity contribution in [1.82, 2.24) is 4.57 Å². The van der Waals surface area contributed by atoms with Gasteiger partial charge in [-0.15, -0.1) is 11.8 Å². The Hall–Kier alpha value is -1.68. The number of anilines is 1. The first kappa shape index (κ1) is 12.8. The predicted molar refractivity (Wildman–Crippen MR) is 77.4 cm³/mol. The maximum absolute atomic E-state index is 11.5. The Kier molecular flexibility index (Phi) is 4.47. The number of thioether (sulfide) groups is 1. The molecule has 0 bridgehead atoms. The smallest absolute Gasteiger partial charge is 0.250 e. The fourth-order valence-corrected chi connectivity index (χ4v) is 2.08. The second kappa shape index (κ2) is 6.31. The lowest BCUT2D eigenvalue weighted by Gasteiger charge is -2.08. The zero-order valence-electron chi connectivity index (χ0n) is 10.3. The fraction of sp³-hybridized carbons (Fsp3) is 0.214. The van der Waals surface area contributed by atoms with Crippen LogP contribution in [0.3, 0.4) is 0 Å². The number of nitrogens with one attached hydrogen (secondary N) is 1. The molecule has 0 aliphatic carbocycles. The molecule has 0 aliphatic heterocycles. The zero-order chi connectivity index (χ0) is 12.8. The van der Waals surface area contributed by atoms with E-state index in [-0.39, 0.29) is 5.56 Å². The van der Waals surface area contributed by atoms with Crippen molar-refractivity contribution in [1.29, 1.82) is 0 Å². The Labute approximate surface area is 111 Å². The van der Waals surface area contributed by atoms with E-state index in [1.807, 2.05) is 6.07 Å². The minimum atomic E-state index is 0.0389. The third kappa shape index (κ3) is 3.40. The average molecular weight is 260 g/mol. The van der Waals surface area contributed by atoms with E-state index in [2.05, 4.69) is 35.8 Å². The SMILES string of the molecule is CSc1ccc(NCCn2ccccc2=O)cc1. The molecule has 2 aromatic rings. The first-order valence-electron chi connectivity index (χ1n) is 5.83. The van der Waals surface area contributed by atoms with Crippen LogP contribution < -0.4 is 10.9 Å². The molecular weight excluding hydrogens is 244 g/mol. The molecule has 0 saturated heterocycles. The van der Waals surface area contributed by atoms with Crippen molar-refractivity contribution < 1.29 is 0 Å². The average Bonchev–Trinajstić information content (AvgIpc) is 2.42. The molecular formula is C14H16N2OS. The summed E-state index contributed by atoms with van der Waals surface area (Å²) in [6.07, 6.45) is 3.87. The maximum Gasteiger partial charge on any atom is 0.250 e. The van der Waals surface area contributed by atoms with E-state index in [0.717, 1.165) is 12.2 Å². The van der Waals surface area contributed by atoms with E-state index >= 15 is 0 Å². The summed E-state index contributed by atoms with van der Waals surface area (Å²) in [4.78, 5) is 12.7. The molecule has 1 aromatic carbocycles. The normalized spacial score (nSPS) is 10.3. The third-order valence-corrected chi connectivity index (χ3v) is 3.41. The Morgan fingerprint density at radius 2 is 1.94 bits per heavy atom. The van der Waals surface area contributed by atoms with Gasteiger partial charge in [0.15, 0.2) is 0 Å². The van der Waals surface area contributed by atoms with Crippen molar-refractivity contribution in [2.75, 3.05) is 18.1 Å². The number of nitrogens with zero attached hydrogens (tertiary/aromatic N) is 1. The summed E-state index contributed by atoms with van der Waals surface area (Å²) in [5, 5.41) is 3.30. The summed E-state index contributed by atoms with van der Waals surface area (Å²) in [5.41, 5.74) is 1.12. The number of benzene rings is 1. The van der Waals surface area contributed by atoms with E-state index in [9.17, 15) is 4.79 Å². The van der Waals surface area contributed by atoms with E-state index in [1.165, 1.54) is 4.90 Å². The summed E-state index contributed by atoms with van der Waals surface area (Å²) in [5.74, 6) is 0. The second-order valence-electron chi connectivity index (χ2n) is 3.89. The lowest BCUT2D eigenvalue weighted by Crippen LogP contribution is -2.21. The molecule has 0 unspecified atom stereocenters. The minimum Gasteiger partial charge on any atom is -0.383 e. The highest BCUT2D eigenvalue weighted by atomic mass is 32.2. The van der Waals surface area contributed by atoms with Crippen LogP contribution in [0.2, 0.25) is 0 Å². The quantitative estimate of drug-likeness (QED) is 0.839. The third-order valence-electron chi connectivity index (χ3n) is 2.67. The Balaban J connectivity index is 1.88. The number of rotatable bonds is 5. The summed E-state index contributed by atoms with van der Waals surface area (Å²) in [6, 6.07) is 13.5. The summed E-state index contributed by atoms with van der Waals surface area (Å²) in [7, 11) is 0. The van der Waals surface area contributed by atoms with Crippen LogP contribution in [0.25, 0.3) is 0 Å². The van der Waals surface area contributed by atoms with Crippen LogP contribution in [0, 0.1) is 0 Å². The summed E-state index contributed by atoms with van der Waals surface area (Å²) >= 11 is 1.73. The molecule has 3 nitrogen and oxygen atoms in total. The van der Waals surface area contributed by atoms with Gasteiger partial charge in [0.2, 0.25) is 0 Å². The van der Waals surface area contributed by atoms with Crippen LogP contribution in [-0.4, -0.2) is 17.4 Å². The van der Waals surface area contributed by atoms with Crippen molar-refractivity contribution in [3.63, 3.8) is 0 Å². The topological polar surface area (TPSA) is 34.0 Å². The van der Waals surface area contributed by atoms with E-state index < -0.39 is 0 Å². The van der Waals surface area contributed by atoms with Crippen molar-refractivity contribution in [2.45, 2.75) is 11.4 Å². The van der Waals surface area contributed by atoms with Crippen molar-refractivity contribution in [2.24, 2.45) is 0 Å². The molecule has 0 saturated carbocycles. The number of hydrogen-bond acceptors (Lipinski definition) is 3. The highest BCUT2D eigenvalue weighted by molar-refractivity contribution is 7.98. The van der Waals surface area contributed by atoms with Gasteiger partial charge in [-0.1, -0.05) is 6.07 Å². The van der Waals surface area contributed by atoms with Gasteiger partial charge in [-0.2, -0.15) is 0 Å². The van der Waals surface area contributed by atoms with Gasteiger partial charge >= 0.3 is 0 Å². The number of pyridine rings is 1. The zero-order valence-corrected chi connectivity index (χ0v) is 11.1. The van der Waals surface area contributed by atoms with Crippen molar-refractivity contribution >= 4 is 17.4 Å². The Bertz CT molecular complexity index is 548. The Morgan fingerprint density at radius 3 is 2.61 bits per heavy atom. The van der Waals surface area contributed by atoms with Crippen molar-refractivity contribution in [3.8, 4) is 0 Å². The molecule has 1 heterocycles. The number of aromatic nitrogens is 1. The fourth-order valence-electron chi connectivity index (χ4n) is 1.67. The van der Waals surface area contributed by atoms with Crippen LogP contribution >= 0.6 is 11.8 Å². The molecule has 1 aromatic heterocycles. The molecule has 1 N–H and O–H groups in total. The highest BCUT2D eigenvalue weighted by Crippen LogP contribution is 2.17.